The van der Waals surface area contributed by atoms with E-state index in [0.717, 1.165) is 13.1 Å². The summed E-state index contributed by atoms with van der Waals surface area (Å²) in [6.07, 6.45) is 4.53. The Hall–Kier alpha value is -0.450. The van der Waals surface area contributed by atoms with Gasteiger partial charge in [0.05, 0.1) is 5.51 Å². The van der Waals surface area contributed by atoms with Crippen LogP contribution >= 0.6 is 11.3 Å². The van der Waals surface area contributed by atoms with Crippen LogP contribution in [-0.4, -0.2) is 24.1 Å². The fraction of sp³-hybridized carbons (Fsp3) is 0.667. The number of thiazole rings is 1. The van der Waals surface area contributed by atoms with Crippen LogP contribution in [0.15, 0.2) is 11.7 Å². The van der Waals surface area contributed by atoms with Crippen molar-refractivity contribution < 1.29 is 0 Å². The van der Waals surface area contributed by atoms with Crippen LogP contribution < -0.4 is 10.6 Å². The van der Waals surface area contributed by atoms with Gasteiger partial charge in [0, 0.05) is 30.2 Å². The topological polar surface area (TPSA) is 37.0 Å². The Labute approximate surface area is 82.6 Å². The van der Waals surface area contributed by atoms with Crippen LogP contribution in [0.5, 0.6) is 0 Å². The van der Waals surface area contributed by atoms with Crippen molar-refractivity contribution in [2.45, 2.75) is 25.4 Å². The summed E-state index contributed by atoms with van der Waals surface area (Å²) in [5.74, 6) is 0. The van der Waals surface area contributed by atoms with Crippen LogP contribution in [0.2, 0.25) is 0 Å². The Morgan fingerprint density at radius 3 is 3.38 bits per heavy atom. The van der Waals surface area contributed by atoms with Gasteiger partial charge in [-0.3, -0.25) is 4.98 Å². The van der Waals surface area contributed by atoms with Crippen molar-refractivity contribution in [3.63, 3.8) is 0 Å². The Balaban J connectivity index is 1.72. The smallest absolute Gasteiger partial charge is 0.0794 e. The summed E-state index contributed by atoms with van der Waals surface area (Å²) in [5.41, 5.74) is 1.89. The van der Waals surface area contributed by atoms with E-state index in [0.29, 0.717) is 6.04 Å². The van der Waals surface area contributed by atoms with Crippen LogP contribution in [-0.2, 0) is 6.54 Å². The standard InChI is InChI=1S/C9H15N3S/c1-2-8(4-10-3-1)12-6-9-5-11-7-13-9/h5,7-8,10,12H,1-4,6H2/t8-/m1/s1. The van der Waals surface area contributed by atoms with Gasteiger partial charge in [0.1, 0.15) is 0 Å². The average molecular weight is 197 g/mol. The molecule has 1 aromatic heterocycles. The first-order valence-electron chi connectivity index (χ1n) is 4.76. The van der Waals surface area contributed by atoms with E-state index in [1.54, 1.807) is 11.3 Å². The molecule has 0 bridgehead atoms. The van der Waals surface area contributed by atoms with Gasteiger partial charge in [-0.2, -0.15) is 0 Å². The molecule has 1 fully saturated rings. The van der Waals surface area contributed by atoms with E-state index < -0.39 is 0 Å². The monoisotopic (exact) mass is 197 g/mol. The molecule has 2 N–H and O–H groups in total. The van der Waals surface area contributed by atoms with Gasteiger partial charge >= 0.3 is 0 Å². The van der Waals surface area contributed by atoms with Crippen LogP contribution in [0.25, 0.3) is 0 Å². The molecule has 3 nitrogen and oxygen atoms in total. The molecule has 4 heteroatoms. The van der Waals surface area contributed by atoms with E-state index in [2.05, 4.69) is 15.6 Å². The summed E-state index contributed by atoms with van der Waals surface area (Å²) in [6.45, 7) is 3.26. The minimum absolute atomic E-state index is 0.649. The number of hydrogen-bond donors (Lipinski definition) is 2. The fourth-order valence-corrected chi connectivity index (χ4v) is 2.15. The molecule has 13 heavy (non-hydrogen) atoms. The summed E-state index contributed by atoms with van der Waals surface area (Å²) in [7, 11) is 0. The van der Waals surface area contributed by atoms with Crippen molar-refractivity contribution in [1.29, 1.82) is 0 Å². The molecule has 1 aromatic rings. The Bertz CT molecular complexity index is 229. The predicted octanol–water partition coefficient (Wildman–Crippen LogP) is 0.985. The van der Waals surface area contributed by atoms with E-state index in [9.17, 15) is 0 Å². The molecule has 1 atom stereocenters. The summed E-state index contributed by atoms with van der Waals surface area (Å²) in [5, 5.41) is 6.92. The molecule has 0 aromatic carbocycles. The first-order valence-corrected chi connectivity index (χ1v) is 5.64. The van der Waals surface area contributed by atoms with Crippen molar-refractivity contribution in [2.24, 2.45) is 0 Å². The fourth-order valence-electron chi connectivity index (χ4n) is 1.60. The lowest BCUT2D eigenvalue weighted by atomic mass is 10.1. The van der Waals surface area contributed by atoms with Crippen LogP contribution in [0.1, 0.15) is 17.7 Å². The zero-order chi connectivity index (χ0) is 8.93. The van der Waals surface area contributed by atoms with E-state index in [4.69, 9.17) is 0 Å². The minimum atomic E-state index is 0.649. The van der Waals surface area contributed by atoms with E-state index in [-0.39, 0.29) is 0 Å². The summed E-state index contributed by atoms with van der Waals surface area (Å²) in [4.78, 5) is 5.37. The molecule has 72 valence electrons. The van der Waals surface area contributed by atoms with Crippen molar-refractivity contribution in [2.75, 3.05) is 13.1 Å². The largest absolute Gasteiger partial charge is 0.315 e. The highest BCUT2D eigenvalue weighted by atomic mass is 32.1. The van der Waals surface area contributed by atoms with Crippen molar-refractivity contribution >= 4 is 11.3 Å². The third-order valence-electron chi connectivity index (χ3n) is 2.35. The molecule has 0 amide bonds. The molecule has 0 saturated carbocycles. The quantitative estimate of drug-likeness (QED) is 0.758. The van der Waals surface area contributed by atoms with Gasteiger partial charge in [-0.25, -0.2) is 0 Å². The molecule has 1 saturated heterocycles. The molecule has 1 aliphatic rings. The maximum absolute atomic E-state index is 4.05. The zero-order valence-corrected chi connectivity index (χ0v) is 8.44. The molecular formula is C9H15N3S. The number of hydrogen-bond acceptors (Lipinski definition) is 4. The third-order valence-corrected chi connectivity index (χ3v) is 3.12. The molecule has 1 aliphatic heterocycles. The van der Waals surface area contributed by atoms with Gasteiger partial charge < -0.3 is 10.6 Å². The molecule has 0 unspecified atom stereocenters. The molecule has 2 rings (SSSR count). The second-order valence-electron chi connectivity index (χ2n) is 3.39. The summed E-state index contributed by atoms with van der Waals surface area (Å²) < 4.78 is 0. The number of nitrogens with one attached hydrogen (secondary N) is 2. The normalized spacial score (nSPS) is 23.2. The first-order chi connectivity index (χ1) is 6.45. The minimum Gasteiger partial charge on any atom is -0.315 e. The SMILES string of the molecule is c1ncc(CN[C@@H]2CCCNC2)s1. The highest BCUT2D eigenvalue weighted by Crippen LogP contribution is 2.07. The molecular weight excluding hydrogens is 182 g/mol. The number of nitrogens with zero attached hydrogens (tertiary/aromatic N) is 1. The second-order valence-corrected chi connectivity index (χ2v) is 4.36. The van der Waals surface area contributed by atoms with Crippen molar-refractivity contribution in [3.05, 3.63) is 16.6 Å². The number of aromatic nitrogens is 1. The maximum Gasteiger partial charge on any atom is 0.0794 e. The van der Waals surface area contributed by atoms with Crippen molar-refractivity contribution in [3.8, 4) is 0 Å². The highest BCUT2D eigenvalue weighted by molar-refractivity contribution is 7.09. The lowest BCUT2D eigenvalue weighted by molar-refractivity contribution is 0.390. The van der Waals surface area contributed by atoms with Gasteiger partial charge in [0.2, 0.25) is 0 Å². The molecule has 0 radical (unpaired) electrons. The van der Waals surface area contributed by atoms with Gasteiger partial charge in [-0.1, -0.05) is 0 Å². The Kier molecular flexibility index (Phi) is 3.29. The van der Waals surface area contributed by atoms with Crippen molar-refractivity contribution in [1.82, 2.24) is 15.6 Å². The summed E-state index contributed by atoms with van der Waals surface area (Å²) >= 11 is 1.72. The molecule has 0 spiro atoms. The number of piperidine rings is 1. The van der Waals surface area contributed by atoms with Crippen LogP contribution in [0.3, 0.4) is 0 Å². The molecule has 0 aliphatic carbocycles. The first kappa shape index (κ1) is 9.12. The Morgan fingerprint density at radius 1 is 1.69 bits per heavy atom. The Morgan fingerprint density at radius 2 is 2.69 bits per heavy atom. The second kappa shape index (κ2) is 4.69. The van der Waals surface area contributed by atoms with Crippen LogP contribution in [0.4, 0.5) is 0 Å². The predicted molar refractivity (Wildman–Crippen MR) is 54.8 cm³/mol. The third kappa shape index (κ3) is 2.76. The lowest BCUT2D eigenvalue weighted by Crippen LogP contribution is -2.42. The maximum atomic E-state index is 4.05. The van der Waals surface area contributed by atoms with E-state index in [1.165, 1.54) is 24.3 Å². The lowest BCUT2D eigenvalue weighted by Gasteiger charge is -2.23. The van der Waals surface area contributed by atoms with Crippen LogP contribution in [0, 0.1) is 0 Å². The summed E-state index contributed by atoms with van der Waals surface area (Å²) in [6, 6.07) is 0.649. The average Bonchev–Trinajstić information content (AvgIpc) is 2.69. The highest BCUT2D eigenvalue weighted by Gasteiger charge is 2.11. The number of rotatable bonds is 3. The van der Waals surface area contributed by atoms with E-state index in [1.807, 2.05) is 11.7 Å². The zero-order valence-electron chi connectivity index (χ0n) is 7.62. The van der Waals surface area contributed by atoms with E-state index >= 15 is 0 Å². The van der Waals surface area contributed by atoms with Gasteiger partial charge in [-0.15, -0.1) is 11.3 Å². The van der Waals surface area contributed by atoms with Gasteiger partial charge in [0.15, 0.2) is 0 Å². The molecule has 2 heterocycles. The van der Waals surface area contributed by atoms with Gasteiger partial charge in [0.25, 0.3) is 0 Å². The van der Waals surface area contributed by atoms with Gasteiger partial charge in [-0.05, 0) is 19.4 Å².